The summed E-state index contributed by atoms with van der Waals surface area (Å²) in [6, 6.07) is 9.99. The number of hydrogen-bond donors (Lipinski definition) is 2. The van der Waals surface area contributed by atoms with E-state index in [4.69, 9.17) is 22.2 Å². The number of rotatable bonds is 5. The first-order valence-electron chi connectivity index (χ1n) is 6.59. The monoisotopic (exact) mass is 308 g/mol. The highest BCUT2D eigenvalue weighted by Gasteiger charge is 2.14. The molecule has 112 valence electrons. The van der Waals surface area contributed by atoms with Crippen LogP contribution in [0.15, 0.2) is 36.4 Å². The molecule has 2 rings (SSSR count). The molecule has 2 aromatic carbocycles. The zero-order chi connectivity index (χ0) is 15.4. The molecule has 0 saturated heterocycles. The number of hydrogen-bond acceptors (Lipinski definition) is 3. The number of benzene rings is 2. The van der Waals surface area contributed by atoms with E-state index in [1.54, 1.807) is 13.2 Å². The van der Waals surface area contributed by atoms with Gasteiger partial charge in [0.1, 0.15) is 11.6 Å². The summed E-state index contributed by atoms with van der Waals surface area (Å²) in [6.45, 7) is 1.97. The van der Waals surface area contributed by atoms with Crippen LogP contribution in [0.1, 0.15) is 22.7 Å². The van der Waals surface area contributed by atoms with Gasteiger partial charge in [-0.05, 0) is 54.3 Å². The number of halogens is 2. The number of methoxy groups -OCH3 is 1. The second-order valence-corrected chi connectivity index (χ2v) is 5.30. The van der Waals surface area contributed by atoms with Crippen molar-refractivity contribution in [2.45, 2.75) is 19.4 Å². The van der Waals surface area contributed by atoms with Crippen molar-refractivity contribution in [2.75, 3.05) is 7.11 Å². The highest BCUT2D eigenvalue weighted by atomic mass is 35.5. The molecule has 0 spiro atoms. The zero-order valence-electron chi connectivity index (χ0n) is 12.0. The molecule has 1 atom stereocenters. The molecule has 0 bridgehead atoms. The third-order valence-corrected chi connectivity index (χ3v) is 3.84. The molecule has 3 nitrogen and oxygen atoms in total. The molecule has 0 aliphatic rings. The lowest BCUT2D eigenvalue weighted by molar-refractivity contribution is 0.410. The normalized spacial score (nSPS) is 12.2. The van der Waals surface area contributed by atoms with Crippen LogP contribution in [0.2, 0.25) is 5.02 Å². The Bertz CT molecular complexity index is 634. The minimum Gasteiger partial charge on any atom is -0.496 e. The Hall–Kier alpha value is -1.62. The Labute approximate surface area is 128 Å². The molecule has 5 heteroatoms. The van der Waals surface area contributed by atoms with Crippen molar-refractivity contribution in [3.63, 3.8) is 0 Å². The summed E-state index contributed by atoms with van der Waals surface area (Å²) in [7, 11) is 1.63. The van der Waals surface area contributed by atoms with Gasteiger partial charge in [-0.1, -0.05) is 23.7 Å². The quantitative estimate of drug-likeness (QED) is 0.656. The smallest absolute Gasteiger partial charge is 0.123 e. The molecule has 0 saturated carbocycles. The summed E-state index contributed by atoms with van der Waals surface area (Å²) in [5.41, 5.74) is 5.46. The first kappa shape index (κ1) is 15.8. The van der Waals surface area contributed by atoms with Crippen LogP contribution in [0.25, 0.3) is 0 Å². The number of hydrazine groups is 1. The van der Waals surface area contributed by atoms with Crippen molar-refractivity contribution < 1.29 is 9.13 Å². The number of ether oxygens (including phenoxy) is 1. The van der Waals surface area contributed by atoms with E-state index < -0.39 is 0 Å². The van der Waals surface area contributed by atoms with Gasteiger partial charge in [0.2, 0.25) is 0 Å². The van der Waals surface area contributed by atoms with Gasteiger partial charge >= 0.3 is 0 Å². The molecule has 0 radical (unpaired) electrons. The lowest BCUT2D eigenvalue weighted by atomic mass is 9.98. The van der Waals surface area contributed by atoms with Crippen LogP contribution in [0.3, 0.4) is 0 Å². The maximum Gasteiger partial charge on any atom is 0.123 e. The summed E-state index contributed by atoms with van der Waals surface area (Å²) in [6.07, 6.45) is 0.485. The summed E-state index contributed by atoms with van der Waals surface area (Å²) in [4.78, 5) is 0. The topological polar surface area (TPSA) is 47.3 Å². The molecule has 0 heterocycles. The fourth-order valence-corrected chi connectivity index (χ4v) is 2.44. The first-order chi connectivity index (χ1) is 10.0. The van der Waals surface area contributed by atoms with Gasteiger partial charge in [0.15, 0.2) is 0 Å². The van der Waals surface area contributed by atoms with E-state index in [0.717, 1.165) is 16.9 Å². The van der Waals surface area contributed by atoms with Gasteiger partial charge in [-0.15, -0.1) is 0 Å². The fraction of sp³-hybridized carbons (Fsp3) is 0.250. The molecule has 0 fully saturated rings. The maximum absolute atomic E-state index is 13.3. The lowest BCUT2D eigenvalue weighted by Gasteiger charge is -2.18. The van der Waals surface area contributed by atoms with E-state index >= 15 is 0 Å². The van der Waals surface area contributed by atoms with Crippen LogP contribution in [0, 0.1) is 12.7 Å². The first-order valence-corrected chi connectivity index (χ1v) is 6.97. The lowest BCUT2D eigenvalue weighted by Crippen LogP contribution is -2.29. The van der Waals surface area contributed by atoms with Crippen molar-refractivity contribution in [3.05, 3.63) is 63.9 Å². The van der Waals surface area contributed by atoms with E-state index in [0.29, 0.717) is 17.0 Å². The van der Waals surface area contributed by atoms with Crippen LogP contribution < -0.4 is 16.0 Å². The second-order valence-electron chi connectivity index (χ2n) is 4.89. The predicted molar refractivity (Wildman–Crippen MR) is 82.9 cm³/mol. The van der Waals surface area contributed by atoms with Crippen LogP contribution in [0.4, 0.5) is 4.39 Å². The SMILES string of the molecule is COc1cc(C(Cc2cc(F)ccc2Cl)NN)ccc1C. The third-order valence-electron chi connectivity index (χ3n) is 3.47. The number of nitrogens with two attached hydrogens (primary N) is 1. The number of nitrogens with one attached hydrogen (secondary N) is 1. The summed E-state index contributed by atoms with van der Waals surface area (Å²) < 4.78 is 18.7. The second kappa shape index (κ2) is 6.89. The van der Waals surface area contributed by atoms with E-state index in [1.807, 2.05) is 25.1 Å². The molecule has 21 heavy (non-hydrogen) atoms. The summed E-state index contributed by atoms with van der Waals surface area (Å²) in [5, 5.41) is 0.524. The van der Waals surface area contributed by atoms with Gasteiger partial charge in [0.25, 0.3) is 0 Å². The summed E-state index contributed by atoms with van der Waals surface area (Å²) in [5.74, 6) is 6.12. The van der Waals surface area contributed by atoms with Gasteiger partial charge in [-0.2, -0.15) is 0 Å². The van der Waals surface area contributed by atoms with Gasteiger partial charge in [0.05, 0.1) is 13.2 Å². The third kappa shape index (κ3) is 3.73. The van der Waals surface area contributed by atoms with Crippen molar-refractivity contribution >= 4 is 11.6 Å². The molecule has 3 N–H and O–H groups in total. The van der Waals surface area contributed by atoms with Gasteiger partial charge in [0, 0.05) is 5.02 Å². The van der Waals surface area contributed by atoms with E-state index in [2.05, 4.69) is 5.43 Å². The Morgan fingerprint density at radius 1 is 1.29 bits per heavy atom. The highest BCUT2D eigenvalue weighted by molar-refractivity contribution is 6.31. The molecule has 0 aromatic heterocycles. The molecule has 0 aliphatic heterocycles. The van der Waals surface area contributed by atoms with Crippen LogP contribution >= 0.6 is 11.6 Å². The zero-order valence-corrected chi connectivity index (χ0v) is 12.7. The predicted octanol–water partition coefficient (Wildman–Crippen LogP) is 3.54. The van der Waals surface area contributed by atoms with Crippen LogP contribution in [-0.2, 0) is 6.42 Å². The highest BCUT2D eigenvalue weighted by Crippen LogP contribution is 2.27. The summed E-state index contributed by atoms with van der Waals surface area (Å²) >= 11 is 6.11. The van der Waals surface area contributed by atoms with Crippen molar-refractivity contribution in [1.29, 1.82) is 0 Å². The minimum atomic E-state index is -0.313. The van der Waals surface area contributed by atoms with Crippen molar-refractivity contribution in [3.8, 4) is 5.75 Å². The molecule has 2 aromatic rings. The maximum atomic E-state index is 13.3. The van der Waals surface area contributed by atoms with Gasteiger partial charge < -0.3 is 4.74 Å². The molecule has 1 unspecified atom stereocenters. The van der Waals surface area contributed by atoms with E-state index in [1.165, 1.54) is 12.1 Å². The molecule has 0 aliphatic carbocycles. The van der Waals surface area contributed by atoms with Crippen molar-refractivity contribution in [2.24, 2.45) is 5.84 Å². The number of aryl methyl sites for hydroxylation is 1. The van der Waals surface area contributed by atoms with Crippen LogP contribution in [-0.4, -0.2) is 7.11 Å². The largest absolute Gasteiger partial charge is 0.496 e. The Kier molecular flexibility index (Phi) is 5.17. The Morgan fingerprint density at radius 2 is 2.05 bits per heavy atom. The fourth-order valence-electron chi connectivity index (χ4n) is 2.25. The van der Waals surface area contributed by atoms with Crippen LogP contribution in [0.5, 0.6) is 5.75 Å². The van der Waals surface area contributed by atoms with Gasteiger partial charge in [-0.3, -0.25) is 11.3 Å². The Balaban J connectivity index is 2.29. The van der Waals surface area contributed by atoms with E-state index in [9.17, 15) is 4.39 Å². The van der Waals surface area contributed by atoms with Crippen molar-refractivity contribution in [1.82, 2.24) is 5.43 Å². The standard InChI is InChI=1S/C16H18ClFN2O/c1-10-3-4-11(9-16(10)21-2)15(20-19)8-12-7-13(18)5-6-14(12)17/h3-7,9,15,20H,8,19H2,1-2H3. The molecule has 0 amide bonds. The Morgan fingerprint density at radius 3 is 2.71 bits per heavy atom. The molecular formula is C16H18ClFN2O. The minimum absolute atomic E-state index is 0.182. The molecular weight excluding hydrogens is 291 g/mol. The average molecular weight is 309 g/mol. The van der Waals surface area contributed by atoms with Gasteiger partial charge in [-0.25, -0.2) is 4.39 Å². The average Bonchev–Trinajstić information content (AvgIpc) is 2.49. The van der Waals surface area contributed by atoms with E-state index in [-0.39, 0.29) is 11.9 Å².